The molecule has 0 aliphatic heterocycles. The zero-order chi connectivity index (χ0) is 14.5. The van der Waals surface area contributed by atoms with E-state index in [9.17, 15) is 10.1 Å². The monoisotopic (exact) mass is 277 g/mol. The van der Waals surface area contributed by atoms with Crippen LogP contribution in [0, 0.1) is 17.0 Å². The third-order valence-corrected chi connectivity index (χ3v) is 2.73. The molecule has 7 nitrogen and oxygen atoms in total. The van der Waals surface area contributed by atoms with E-state index in [1.165, 1.54) is 18.3 Å². The molecule has 0 aliphatic carbocycles. The average molecular weight is 277 g/mol. The molecule has 0 unspecified atom stereocenters. The summed E-state index contributed by atoms with van der Waals surface area (Å²) in [6.45, 7) is 2.14. The standard InChI is InChI=1S/C13H15N3O4/c1-9-5-6-12(20-9)10(8-19-2)15-13-11(16(17)18)4-3-7-14-13/h3-7,10H,8H2,1-2H3,(H,14,15)/t10-/m0/s1. The lowest BCUT2D eigenvalue weighted by molar-refractivity contribution is -0.384. The normalized spacial score (nSPS) is 12.1. The van der Waals surface area contributed by atoms with E-state index in [-0.39, 0.29) is 17.5 Å². The predicted octanol–water partition coefficient (Wildman–Crippen LogP) is 2.69. The molecule has 0 fully saturated rings. The number of ether oxygens (including phenoxy) is 1. The highest BCUT2D eigenvalue weighted by Gasteiger charge is 2.21. The highest BCUT2D eigenvalue weighted by atomic mass is 16.6. The minimum Gasteiger partial charge on any atom is -0.464 e. The van der Waals surface area contributed by atoms with E-state index in [2.05, 4.69) is 10.3 Å². The fraction of sp³-hybridized carbons (Fsp3) is 0.308. The molecule has 0 saturated carbocycles. The van der Waals surface area contributed by atoms with Crippen molar-refractivity contribution in [2.45, 2.75) is 13.0 Å². The van der Waals surface area contributed by atoms with Crippen LogP contribution in [0.3, 0.4) is 0 Å². The number of methoxy groups -OCH3 is 1. The Bertz CT molecular complexity index is 597. The first-order valence-corrected chi connectivity index (χ1v) is 6.03. The van der Waals surface area contributed by atoms with Gasteiger partial charge in [-0.05, 0) is 25.1 Å². The highest BCUT2D eigenvalue weighted by Crippen LogP contribution is 2.26. The number of nitrogens with one attached hydrogen (secondary N) is 1. The van der Waals surface area contributed by atoms with E-state index in [0.29, 0.717) is 12.4 Å². The number of pyridine rings is 1. The van der Waals surface area contributed by atoms with Crippen LogP contribution in [0.1, 0.15) is 17.6 Å². The summed E-state index contributed by atoms with van der Waals surface area (Å²) in [5.74, 6) is 1.59. The van der Waals surface area contributed by atoms with Crippen LogP contribution in [-0.2, 0) is 4.74 Å². The van der Waals surface area contributed by atoms with Crippen molar-refractivity contribution in [3.05, 3.63) is 52.1 Å². The van der Waals surface area contributed by atoms with Crippen LogP contribution >= 0.6 is 0 Å². The largest absolute Gasteiger partial charge is 0.464 e. The third kappa shape index (κ3) is 3.12. The zero-order valence-corrected chi connectivity index (χ0v) is 11.2. The van der Waals surface area contributed by atoms with Crippen LogP contribution in [-0.4, -0.2) is 23.6 Å². The van der Waals surface area contributed by atoms with E-state index in [0.717, 1.165) is 5.76 Å². The van der Waals surface area contributed by atoms with Gasteiger partial charge in [0, 0.05) is 19.4 Å². The first-order valence-electron chi connectivity index (χ1n) is 6.03. The van der Waals surface area contributed by atoms with Crippen LogP contribution in [0.25, 0.3) is 0 Å². The molecule has 2 aromatic rings. The minimum atomic E-state index is -0.480. The summed E-state index contributed by atoms with van der Waals surface area (Å²) >= 11 is 0. The highest BCUT2D eigenvalue weighted by molar-refractivity contribution is 5.56. The summed E-state index contributed by atoms with van der Waals surface area (Å²) in [5, 5.41) is 14.0. The Hall–Kier alpha value is -2.41. The minimum absolute atomic E-state index is 0.0862. The topological polar surface area (TPSA) is 90.4 Å². The fourth-order valence-corrected chi connectivity index (χ4v) is 1.82. The Balaban J connectivity index is 2.27. The van der Waals surface area contributed by atoms with Gasteiger partial charge in [0.1, 0.15) is 17.6 Å². The lowest BCUT2D eigenvalue weighted by Gasteiger charge is -2.16. The van der Waals surface area contributed by atoms with Gasteiger partial charge in [-0.3, -0.25) is 10.1 Å². The Kier molecular flexibility index (Phi) is 4.31. The van der Waals surface area contributed by atoms with Crippen molar-refractivity contribution in [3.63, 3.8) is 0 Å². The molecule has 2 rings (SSSR count). The van der Waals surface area contributed by atoms with Crippen molar-refractivity contribution in [2.75, 3.05) is 19.0 Å². The third-order valence-electron chi connectivity index (χ3n) is 2.73. The molecule has 0 radical (unpaired) electrons. The molecule has 106 valence electrons. The number of aromatic nitrogens is 1. The molecule has 0 bridgehead atoms. The van der Waals surface area contributed by atoms with Crippen molar-refractivity contribution in [1.82, 2.24) is 4.98 Å². The molecule has 20 heavy (non-hydrogen) atoms. The van der Waals surface area contributed by atoms with Crippen molar-refractivity contribution in [1.29, 1.82) is 0 Å². The Morgan fingerprint density at radius 1 is 1.50 bits per heavy atom. The van der Waals surface area contributed by atoms with Crippen molar-refractivity contribution >= 4 is 11.5 Å². The first kappa shape index (κ1) is 14.0. The van der Waals surface area contributed by atoms with Gasteiger partial charge in [0.05, 0.1) is 11.5 Å². The maximum atomic E-state index is 11.0. The van der Waals surface area contributed by atoms with Crippen molar-refractivity contribution < 1.29 is 14.1 Å². The van der Waals surface area contributed by atoms with Crippen LogP contribution in [0.15, 0.2) is 34.9 Å². The first-order chi connectivity index (χ1) is 9.61. The molecule has 0 aliphatic rings. The van der Waals surface area contributed by atoms with Gasteiger partial charge in [-0.25, -0.2) is 4.98 Å². The van der Waals surface area contributed by atoms with Crippen molar-refractivity contribution in [3.8, 4) is 0 Å². The van der Waals surface area contributed by atoms with E-state index < -0.39 is 4.92 Å². The Morgan fingerprint density at radius 3 is 2.90 bits per heavy atom. The molecule has 2 aromatic heterocycles. The van der Waals surface area contributed by atoms with Crippen LogP contribution in [0.2, 0.25) is 0 Å². The summed E-state index contributed by atoms with van der Waals surface area (Å²) in [6, 6.07) is 6.20. The summed E-state index contributed by atoms with van der Waals surface area (Å²) in [4.78, 5) is 14.5. The molecule has 0 amide bonds. The van der Waals surface area contributed by atoms with Crippen LogP contribution < -0.4 is 5.32 Å². The quantitative estimate of drug-likeness (QED) is 0.644. The average Bonchev–Trinajstić information content (AvgIpc) is 2.85. The number of nitro groups is 1. The van der Waals surface area contributed by atoms with Gasteiger partial charge in [0.25, 0.3) is 0 Å². The second-order valence-electron chi connectivity index (χ2n) is 4.23. The molecule has 1 atom stereocenters. The molecule has 0 saturated heterocycles. The molecule has 1 N–H and O–H groups in total. The van der Waals surface area contributed by atoms with E-state index in [1.54, 1.807) is 13.2 Å². The lowest BCUT2D eigenvalue weighted by atomic mass is 10.2. The molecule has 0 spiro atoms. The van der Waals surface area contributed by atoms with Gasteiger partial charge >= 0.3 is 5.69 Å². The summed E-state index contributed by atoms with van der Waals surface area (Å²) in [7, 11) is 1.55. The van der Waals surface area contributed by atoms with E-state index in [1.807, 2.05) is 13.0 Å². The van der Waals surface area contributed by atoms with Gasteiger partial charge in [-0.2, -0.15) is 0 Å². The lowest BCUT2D eigenvalue weighted by Crippen LogP contribution is -2.17. The summed E-state index contributed by atoms with van der Waals surface area (Å²) in [6.07, 6.45) is 1.49. The van der Waals surface area contributed by atoms with Crippen molar-refractivity contribution in [2.24, 2.45) is 0 Å². The Morgan fingerprint density at radius 2 is 2.30 bits per heavy atom. The molecule has 2 heterocycles. The summed E-state index contributed by atoms with van der Waals surface area (Å²) in [5.41, 5.74) is -0.0862. The maximum Gasteiger partial charge on any atom is 0.311 e. The number of aryl methyl sites for hydroxylation is 1. The number of furan rings is 1. The SMILES string of the molecule is COC[C@H](Nc1ncccc1[N+](=O)[O-])c1ccc(C)o1. The van der Waals surface area contributed by atoms with E-state index >= 15 is 0 Å². The zero-order valence-electron chi connectivity index (χ0n) is 11.2. The van der Waals surface area contributed by atoms with Crippen LogP contribution in [0.4, 0.5) is 11.5 Å². The number of anilines is 1. The number of nitrogens with zero attached hydrogens (tertiary/aromatic N) is 2. The second-order valence-corrected chi connectivity index (χ2v) is 4.23. The predicted molar refractivity (Wildman–Crippen MR) is 72.6 cm³/mol. The number of rotatable bonds is 6. The number of hydrogen-bond donors (Lipinski definition) is 1. The number of hydrogen-bond acceptors (Lipinski definition) is 6. The van der Waals surface area contributed by atoms with E-state index in [4.69, 9.17) is 9.15 Å². The second kappa shape index (κ2) is 6.16. The van der Waals surface area contributed by atoms with Gasteiger partial charge < -0.3 is 14.5 Å². The maximum absolute atomic E-state index is 11.0. The van der Waals surface area contributed by atoms with Gasteiger partial charge in [0.15, 0.2) is 0 Å². The van der Waals surface area contributed by atoms with Gasteiger partial charge in [0.2, 0.25) is 5.82 Å². The molecular weight excluding hydrogens is 262 g/mol. The molecular formula is C13H15N3O4. The Labute approximate surface area is 115 Å². The smallest absolute Gasteiger partial charge is 0.311 e. The van der Waals surface area contributed by atoms with Gasteiger partial charge in [-0.1, -0.05) is 0 Å². The van der Waals surface area contributed by atoms with Gasteiger partial charge in [-0.15, -0.1) is 0 Å². The molecule has 0 aromatic carbocycles. The summed E-state index contributed by atoms with van der Waals surface area (Å²) < 4.78 is 10.7. The fourth-order valence-electron chi connectivity index (χ4n) is 1.82. The molecule has 7 heteroatoms. The van der Waals surface area contributed by atoms with Crippen LogP contribution in [0.5, 0.6) is 0 Å².